The summed E-state index contributed by atoms with van der Waals surface area (Å²) in [5, 5.41) is 14.1. The van der Waals surface area contributed by atoms with Crippen LogP contribution in [0.2, 0.25) is 0 Å². The predicted octanol–water partition coefficient (Wildman–Crippen LogP) is 5.85. The summed E-state index contributed by atoms with van der Waals surface area (Å²) in [5.74, 6) is 0.537. The van der Waals surface area contributed by atoms with Gasteiger partial charge in [-0.15, -0.1) is 0 Å². The second kappa shape index (κ2) is 8.59. The number of nitrogens with zero attached hydrogens (tertiary/aromatic N) is 3. The molecule has 6 heteroatoms. The molecular weight excluding hydrogens is 412 g/mol. The molecule has 0 radical (unpaired) electrons. The second-order valence-electron chi connectivity index (χ2n) is 7.67. The van der Waals surface area contributed by atoms with Crippen molar-refractivity contribution in [2.75, 3.05) is 5.32 Å². The first-order chi connectivity index (χ1) is 16.1. The fourth-order valence-corrected chi connectivity index (χ4v) is 3.82. The Kier molecular flexibility index (Phi) is 5.32. The summed E-state index contributed by atoms with van der Waals surface area (Å²) < 4.78 is 1.70. The van der Waals surface area contributed by atoms with Gasteiger partial charge in [0, 0.05) is 35.0 Å². The number of aromatic nitrogens is 2. The molecule has 162 valence electrons. The molecule has 1 amide bonds. The number of hydrogen-bond acceptors (Lipinski definition) is 4. The Bertz CT molecular complexity index is 1400. The molecular formula is C27H22N4O2. The monoisotopic (exact) mass is 434 g/mol. The summed E-state index contributed by atoms with van der Waals surface area (Å²) >= 11 is 0. The van der Waals surface area contributed by atoms with E-state index in [1.807, 2.05) is 84.9 Å². The van der Waals surface area contributed by atoms with Gasteiger partial charge in [0.15, 0.2) is 0 Å². The van der Waals surface area contributed by atoms with Gasteiger partial charge in [0.25, 0.3) is 0 Å². The molecule has 0 saturated carbocycles. The van der Waals surface area contributed by atoms with Crippen molar-refractivity contribution in [1.29, 1.82) is 0 Å². The normalized spacial score (nSPS) is 13.3. The number of aliphatic imine (C=N–C) groups is 1. The summed E-state index contributed by atoms with van der Waals surface area (Å²) in [7, 11) is 0. The zero-order valence-electron chi connectivity index (χ0n) is 18.1. The lowest BCUT2D eigenvalue weighted by molar-refractivity contribution is -0.115. The van der Waals surface area contributed by atoms with Gasteiger partial charge >= 0.3 is 0 Å². The Morgan fingerprint density at radius 2 is 1.82 bits per heavy atom. The fourth-order valence-electron chi connectivity index (χ4n) is 3.82. The minimum Gasteiger partial charge on any atom is -0.493 e. The molecule has 0 saturated heterocycles. The number of para-hydroxylation sites is 1. The maximum Gasteiger partial charge on any atom is 0.224 e. The first kappa shape index (κ1) is 20.5. The van der Waals surface area contributed by atoms with Crippen LogP contribution in [-0.4, -0.2) is 26.8 Å². The van der Waals surface area contributed by atoms with Gasteiger partial charge in [0.2, 0.25) is 11.8 Å². The van der Waals surface area contributed by atoms with Crippen LogP contribution in [0.3, 0.4) is 0 Å². The van der Waals surface area contributed by atoms with Crippen LogP contribution in [0.5, 0.6) is 5.88 Å². The molecule has 1 aliphatic rings. The average Bonchev–Trinajstić information content (AvgIpc) is 3.41. The number of allylic oxidation sites excluding steroid dienone is 1. The summed E-state index contributed by atoms with van der Waals surface area (Å²) in [4.78, 5) is 21.1. The molecule has 33 heavy (non-hydrogen) atoms. The second-order valence-corrected chi connectivity index (χ2v) is 7.67. The molecule has 0 unspecified atom stereocenters. The number of nitrogens with one attached hydrogen (secondary N) is 1. The summed E-state index contributed by atoms with van der Waals surface area (Å²) in [6.07, 6.45) is 4.01. The van der Waals surface area contributed by atoms with E-state index < -0.39 is 0 Å². The Morgan fingerprint density at radius 1 is 1.03 bits per heavy atom. The van der Waals surface area contributed by atoms with Crippen LogP contribution >= 0.6 is 0 Å². The van der Waals surface area contributed by atoms with E-state index >= 15 is 0 Å². The number of benzene rings is 3. The highest BCUT2D eigenvalue weighted by Crippen LogP contribution is 2.36. The minimum absolute atomic E-state index is 0.0121. The molecule has 6 nitrogen and oxygen atoms in total. The predicted molar refractivity (Wildman–Crippen MR) is 132 cm³/mol. The van der Waals surface area contributed by atoms with Crippen LogP contribution in [0.15, 0.2) is 83.9 Å². The molecule has 4 aromatic rings. The van der Waals surface area contributed by atoms with E-state index in [-0.39, 0.29) is 11.8 Å². The average molecular weight is 434 g/mol. The van der Waals surface area contributed by atoms with Gasteiger partial charge < -0.3 is 10.4 Å². The third-order valence-corrected chi connectivity index (χ3v) is 5.47. The fraction of sp³-hybridized carbons (Fsp3) is 0.0741. The standard InChI is InChI=1S/C27H22N4O2/c1-2-25(32)29-20-11-8-12-21(16-20)31-26(18-9-4-3-5-10-18)30-24(27(31)33)15-19-17-28-23-14-7-6-13-22(19)23/h3-17,33H,2H2,1H3,(H,29,32). The molecule has 2 heterocycles. The summed E-state index contributed by atoms with van der Waals surface area (Å²) in [5.41, 5.74) is 5.42. The van der Waals surface area contributed by atoms with Gasteiger partial charge in [0.1, 0.15) is 11.5 Å². The Morgan fingerprint density at radius 3 is 2.64 bits per heavy atom. The summed E-state index contributed by atoms with van der Waals surface area (Å²) in [6.45, 7) is 1.80. The number of imidazole rings is 1. The molecule has 0 aliphatic carbocycles. The van der Waals surface area contributed by atoms with Crippen LogP contribution in [0.4, 0.5) is 11.4 Å². The van der Waals surface area contributed by atoms with Crippen LogP contribution in [0.1, 0.15) is 24.6 Å². The van der Waals surface area contributed by atoms with Gasteiger partial charge in [-0.05, 0) is 30.3 Å². The van der Waals surface area contributed by atoms with E-state index in [9.17, 15) is 9.90 Å². The zero-order chi connectivity index (χ0) is 22.8. The molecule has 3 aromatic carbocycles. The van der Waals surface area contributed by atoms with Crippen LogP contribution < -0.4 is 5.32 Å². The first-order valence-electron chi connectivity index (χ1n) is 10.8. The van der Waals surface area contributed by atoms with Crippen LogP contribution in [0, 0.1) is 0 Å². The highest BCUT2D eigenvalue weighted by Gasteiger charge is 2.20. The summed E-state index contributed by atoms with van der Waals surface area (Å²) in [6, 6.07) is 24.9. The SMILES string of the molecule is CCC(=O)Nc1cccc(-n2c(-c3ccccc3)nc(C=C3C=Nc4ccccc43)c2O)c1. The Balaban J connectivity index is 1.65. The molecule has 0 spiro atoms. The van der Waals surface area contributed by atoms with E-state index in [1.54, 1.807) is 17.7 Å². The molecule has 0 bridgehead atoms. The lowest BCUT2D eigenvalue weighted by Gasteiger charge is -2.11. The number of rotatable bonds is 5. The molecule has 5 rings (SSSR count). The minimum atomic E-state index is -0.0742. The van der Waals surface area contributed by atoms with Crippen molar-refractivity contribution >= 4 is 35.1 Å². The highest BCUT2D eigenvalue weighted by atomic mass is 16.3. The van der Waals surface area contributed by atoms with Crippen LogP contribution in [0.25, 0.3) is 28.7 Å². The van der Waals surface area contributed by atoms with Gasteiger partial charge in [-0.1, -0.05) is 61.5 Å². The van der Waals surface area contributed by atoms with Crippen molar-refractivity contribution in [3.05, 3.63) is 90.1 Å². The number of carbonyl (C=O) groups excluding carboxylic acids is 1. The number of hydrogen-bond donors (Lipinski definition) is 2. The number of anilines is 1. The molecule has 0 atom stereocenters. The van der Waals surface area contributed by atoms with Crippen molar-refractivity contribution in [1.82, 2.24) is 9.55 Å². The maximum atomic E-state index is 11.9. The smallest absolute Gasteiger partial charge is 0.224 e. The van der Waals surface area contributed by atoms with E-state index in [0.29, 0.717) is 29.3 Å². The molecule has 2 N–H and O–H groups in total. The lowest BCUT2D eigenvalue weighted by atomic mass is 10.1. The first-order valence-corrected chi connectivity index (χ1v) is 10.8. The largest absolute Gasteiger partial charge is 0.493 e. The van der Waals surface area contributed by atoms with E-state index in [1.165, 1.54) is 0 Å². The number of amides is 1. The topological polar surface area (TPSA) is 79.5 Å². The van der Waals surface area contributed by atoms with E-state index in [0.717, 1.165) is 22.4 Å². The van der Waals surface area contributed by atoms with Gasteiger partial charge in [-0.3, -0.25) is 14.4 Å². The lowest BCUT2D eigenvalue weighted by Crippen LogP contribution is -2.09. The Hall–Kier alpha value is -4.45. The number of carbonyl (C=O) groups is 1. The maximum absolute atomic E-state index is 11.9. The van der Waals surface area contributed by atoms with Crippen LogP contribution in [-0.2, 0) is 4.79 Å². The van der Waals surface area contributed by atoms with E-state index in [2.05, 4.69) is 10.3 Å². The zero-order valence-corrected chi connectivity index (χ0v) is 18.1. The highest BCUT2D eigenvalue weighted by molar-refractivity contribution is 6.21. The third kappa shape index (κ3) is 3.94. The number of fused-ring (bicyclic) bond motifs is 1. The van der Waals surface area contributed by atoms with Gasteiger partial charge in [-0.2, -0.15) is 0 Å². The van der Waals surface area contributed by atoms with Crippen molar-refractivity contribution in [2.45, 2.75) is 13.3 Å². The van der Waals surface area contributed by atoms with Crippen molar-refractivity contribution in [3.8, 4) is 23.0 Å². The number of aromatic hydroxyl groups is 1. The Labute approximate surface area is 191 Å². The quantitative estimate of drug-likeness (QED) is 0.413. The van der Waals surface area contributed by atoms with Crippen molar-refractivity contribution in [2.24, 2.45) is 4.99 Å². The van der Waals surface area contributed by atoms with Gasteiger partial charge in [-0.25, -0.2) is 4.98 Å². The van der Waals surface area contributed by atoms with Gasteiger partial charge in [0.05, 0.1) is 11.4 Å². The van der Waals surface area contributed by atoms with Crippen molar-refractivity contribution < 1.29 is 9.90 Å². The third-order valence-electron chi connectivity index (χ3n) is 5.47. The van der Waals surface area contributed by atoms with Crippen molar-refractivity contribution in [3.63, 3.8) is 0 Å². The molecule has 1 aliphatic heterocycles. The van der Waals surface area contributed by atoms with E-state index in [4.69, 9.17) is 4.98 Å². The molecule has 1 aromatic heterocycles. The molecule has 0 fully saturated rings.